The molecule has 0 aliphatic rings. The maximum absolute atomic E-state index is 14.1. The fourth-order valence-electron chi connectivity index (χ4n) is 5.13. The summed E-state index contributed by atoms with van der Waals surface area (Å²) < 4.78 is 30.9. The van der Waals surface area contributed by atoms with Crippen LogP contribution in [0.15, 0.2) is 73.1 Å². The highest BCUT2D eigenvalue weighted by atomic mass is 19.1. The summed E-state index contributed by atoms with van der Waals surface area (Å²) in [6.07, 6.45) is 10.6. The smallest absolute Gasteiger partial charge is 0.177 e. The van der Waals surface area contributed by atoms with Crippen molar-refractivity contribution >= 4 is 57.4 Å². The van der Waals surface area contributed by atoms with Crippen LogP contribution in [0.5, 0.6) is 0 Å². The average Bonchev–Trinajstić information content (AvgIpc) is 3.73. The molecule has 2 aromatic carbocycles. The van der Waals surface area contributed by atoms with E-state index in [1.54, 1.807) is 57.8 Å². The Bertz CT molecular complexity index is 2470. The van der Waals surface area contributed by atoms with Crippen molar-refractivity contribution in [3.8, 4) is 0 Å². The van der Waals surface area contributed by atoms with Gasteiger partial charge in [-0.2, -0.15) is 0 Å². The second-order valence-electron chi connectivity index (χ2n) is 11.2. The summed E-state index contributed by atoms with van der Waals surface area (Å²) in [7, 11) is 0. The molecule has 0 unspecified atom stereocenters. The predicted molar refractivity (Wildman–Crippen MR) is 182 cm³/mol. The number of para-hydroxylation sites is 1. The lowest BCUT2D eigenvalue weighted by Gasteiger charge is -2.00. The SMILES string of the molecule is Cc1ncc(C)n2nc(/C=C/c3ccc4cc(F)ccc4n3)nc12.Cc1ncc(C)n2nc(C=Cc3cc(F)c4ccccc4n3)nc12. The van der Waals surface area contributed by atoms with E-state index >= 15 is 0 Å². The van der Waals surface area contributed by atoms with E-state index in [1.165, 1.54) is 18.2 Å². The van der Waals surface area contributed by atoms with Crippen molar-refractivity contribution in [3.05, 3.63) is 131 Å². The minimum atomic E-state index is -0.293. The van der Waals surface area contributed by atoms with Gasteiger partial charge >= 0.3 is 0 Å². The molecular formula is C36H28F2N10. The Morgan fingerprint density at radius 3 is 1.83 bits per heavy atom. The van der Waals surface area contributed by atoms with Crippen LogP contribution in [0.25, 0.3) is 57.4 Å². The minimum absolute atomic E-state index is 0.263. The van der Waals surface area contributed by atoms with Crippen LogP contribution >= 0.6 is 0 Å². The third-order valence-electron chi connectivity index (χ3n) is 7.62. The van der Waals surface area contributed by atoms with Gasteiger partial charge in [0.1, 0.15) is 11.6 Å². The van der Waals surface area contributed by atoms with Crippen molar-refractivity contribution in [2.75, 3.05) is 0 Å². The highest BCUT2D eigenvalue weighted by Gasteiger charge is 2.09. The van der Waals surface area contributed by atoms with Gasteiger partial charge in [-0.25, -0.2) is 37.7 Å². The standard InChI is InChI=1S/2C18H14FN5/c1-11-10-20-12(2)18-22-17(23-24(11)18)8-6-15-5-3-13-9-14(19)4-7-16(13)21-15;1-11-10-20-12(2)18-22-17(23-24(11)18)8-7-13-9-15(19)14-5-3-4-6-16(14)21-13/h2*3-10H,1-2H3/b8-6+;. The molecule has 0 aliphatic heterocycles. The summed E-state index contributed by atoms with van der Waals surface area (Å²) >= 11 is 0. The van der Waals surface area contributed by atoms with Gasteiger partial charge in [0.25, 0.3) is 0 Å². The van der Waals surface area contributed by atoms with Crippen molar-refractivity contribution in [1.82, 2.24) is 49.1 Å². The fraction of sp³-hybridized carbons (Fsp3) is 0.111. The first-order valence-electron chi connectivity index (χ1n) is 15.1. The molecule has 0 bridgehead atoms. The Labute approximate surface area is 273 Å². The van der Waals surface area contributed by atoms with Crippen molar-refractivity contribution in [2.24, 2.45) is 0 Å². The van der Waals surface area contributed by atoms with Crippen LogP contribution in [0.1, 0.15) is 45.8 Å². The maximum Gasteiger partial charge on any atom is 0.177 e. The number of hydrogen-bond donors (Lipinski definition) is 0. The van der Waals surface area contributed by atoms with E-state index in [4.69, 9.17) is 0 Å². The molecular weight excluding hydrogens is 610 g/mol. The lowest BCUT2D eigenvalue weighted by Crippen LogP contribution is -1.97. The van der Waals surface area contributed by atoms with Crippen molar-refractivity contribution in [3.63, 3.8) is 0 Å². The fourth-order valence-corrected chi connectivity index (χ4v) is 5.13. The second-order valence-corrected chi connectivity index (χ2v) is 11.2. The number of benzene rings is 2. The molecule has 0 radical (unpaired) electrons. The zero-order valence-corrected chi connectivity index (χ0v) is 26.5. The van der Waals surface area contributed by atoms with E-state index in [9.17, 15) is 8.78 Å². The van der Waals surface area contributed by atoms with Gasteiger partial charge in [0, 0.05) is 29.2 Å². The van der Waals surface area contributed by atoms with Gasteiger partial charge < -0.3 is 0 Å². The molecule has 236 valence electrons. The number of nitrogens with zero attached hydrogens (tertiary/aromatic N) is 10. The summed E-state index contributed by atoms with van der Waals surface area (Å²) in [6, 6.07) is 16.8. The van der Waals surface area contributed by atoms with Crippen LogP contribution in [0, 0.1) is 39.3 Å². The van der Waals surface area contributed by atoms with E-state index in [1.807, 2.05) is 58.0 Å². The van der Waals surface area contributed by atoms with Gasteiger partial charge in [-0.15, -0.1) is 10.2 Å². The quantitative estimate of drug-likeness (QED) is 0.199. The number of halogens is 2. The second kappa shape index (κ2) is 12.5. The van der Waals surface area contributed by atoms with Crippen molar-refractivity contribution < 1.29 is 8.78 Å². The van der Waals surface area contributed by atoms with E-state index in [0.717, 1.165) is 45.0 Å². The first-order chi connectivity index (χ1) is 23.2. The molecule has 12 heteroatoms. The normalized spacial score (nSPS) is 11.8. The van der Waals surface area contributed by atoms with Crippen LogP contribution < -0.4 is 0 Å². The molecule has 0 atom stereocenters. The van der Waals surface area contributed by atoms with Crippen molar-refractivity contribution in [2.45, 2.75) is 27.7 Å². The average molecular weight is 639 g/mol. The van der Waals surface area contributed by atoms with Crippen LogP contribution in [-0.4, -0.2) is 49.1 Å². The first-order valence-corrected chi connectivity index (χ1v) is 15.1. The van der Waals surface area contributed by atoms with Gasteiger partial charge in [-0.3, -0.25) is 9.97 Å². The Balaban J connectivity index is 0.000000152. The van der Waals surface area contributed by atoms with E-state index in [-0.39, 0.29) is 11.6 Å². The molecule has 8 aromatic rings. The number of rotatable bonds is 4. The molecule has 0 aliphatic carbocycles. The van der Waals surface area contributed by atoms with Gasteiger partial charge in [-0.05, 0) is 88.4 Å². The molecule has 0 saturated carbocycles. The van der Waals surface area contributed by atoms with Crippen LogP contribution in [0.4, 0.5) is 8.78 Å². The molecule has 48 heavy (non-hydrogen) atoms. The minimum Gasteiger partial charge on any atom is -0.256 e. The highest BCUT2D eigenvalue weighted by Crippen LogP contribution is 2.19. The van der Waals surface area contributed by atoms with Gasteiger partial charge in [-0.1, -0.05) is 18.2 Å². The van der Waals surface area contributed by atoms with Crippen LogP contribution in [0.2, 0.25) is 0 Å². The molecule has 0 saturated heterocycles. The number of pyridine rings is 2. The molecule has 6 aromatic heterocycles. The van der Waals surface area contributed by atoms with E-state index < -0.39 is 0 Å². The number of hydrogen-bond acceptors (Lipinski definition) is 8. The predicted octanol–water partition coefficient (Wildman–Crippen LogP) is 7.20. The van der Waals surface area contributed by atoms with Crippen LogP contribution in [0.3, 0.4) is 0 Å². The van der Waals surface area contributed by atoms with E-state index in [2.05, 4.69) is 40.1 Å². The molecule has 0 amide bonds. The molecule has 0 fully saturated rings. The monoisotopic (exact) mass is 638 g/mol. The Kier molecular flexibility index (Phi) is 7.89. The Morgan fingerprint density at radius 2 is 1.19 bits per heavy atom. The summed E-state index contributed by atoms with van der Waals surface area (Å²) in [5, 5.41) is 10.2. The number of aryl methyl sites for hydroxylation is 4. The lowest BCUT2D eigenvalue weighted by molar-refractivity contribution is 0.629. The zero-order chi connectivity index (χ0) is 33.4. The third kappa shape index (κ3) is 6.10. The third-order valence-corrected chi connectivity index (χ3v) is 7.62. The number of fused-ring (bicyclic) bond motifs is 4. The van der Waals surface area contributed by atoms with E-state index in [0.29, 0.717) is 33.9 Å². The van der Waals surface area contributed by atoms with Gasteiger partial charge in [0.2, 0.25) is 0 Å². The largest absolute Gasteiger partial charge is 0.256 e. The summed E-state index contributed by atoms with van der Waals surface area (Å²) in [5.41, 5.74) is 7.58. The Morgan fingerprint density at radius 1 is 0.583 bits per heavy atom. The van der Waals surface area contributed by atoms with Crippen LogP contribution in [-0.2, 0) is 0 Å². The van der Waals surface area contributed by atoms with Gasteiger partial charge in [0.15, 0.2) is 22.9 Å². The molecule has 6 heterocycles. The molecule has 10 nitrogen and oxygen atoms in total. The number of aromatic nitrogens is 10. The first kappa shape index (κ1) is 30.4. The Hall–Kier alpha value is -6.30. The summed E-state index contributed by atoms with van der Waals surface area (Å²) in [4.78, 5) is 26.4. The maximum atomic E-state index is 14.1. The molecule has 8 rings (SSSR count). The molecule has 0 N–H and O–H groups in total. The topological polar surface area (TPSA) is 112 Å². The zero-order valence-electron chi connectivity index (χ0n) is 26.5. The molecule has 0 spiro atoms. The summed E-state index contributed by atoms with van der Waals surface area (Å²) in [5.74, 6) is 0.569. The highest BCUT2D eigenvalue weighted by molar-refractivity contribution is 5.82. The lowest BCUT2D eigenvalue weighted by atomic mass is 10.2. The van der Waals surface area contributed by atoms with Crippen molar-refractivity contribution in [1.29, 1.82) is 0 Å². The summed E-state index contributed by atoms with van der Waals surface area (Å²) in [6.45, 7) is 7.64. The van der Waals surface area contributed by atoms with Gasteiger partial charge in [0.05, 0.1) is 45.2 Å².